The molecule has 7 heteroatoms. The largest absolute Gasteiger partial charge is 0.481 e. The highest BCUT2D eigenvalue weighted by molar-refractivity contribution is 5.94. The second kappa shape index (κ2) is 8.03. The number of likely N-dealkylation sites (tertiary alicyclic amines) is 1. The molecule has 1 aromatic heterocycles. The van der Waals surface area contributed by atoms with Gasteiger partial charge in [-0.1, -0.05) is 0 Å². The van der Waals surface area contributed by atoms with E-state index in [0.717, 1.165) is 12.8 Å². The fourth-order valence-electron chi connectivity index (χ4n) is 3.87. The Bertz CT molecular complexity index is 638. The van der Waals surface area contributed by atoms with Gasteiger partial charge in [-0.25, -0.2) is 4.98 Å². The van der Waals surface area contributed by atoms with Gasteiger partial charge in [0.25, 0.3) is 5.91 Å². The lowest BCUT2D eigenvalue weighted by molar-refractivity contribution is -0.155. The monoisotopic (exact) mass is 362 g/mol. The zero-order valence-electron chi connectivity index (χ0n) is 15.1. The predicted molar refractivity (Wildman–Crippen MR) is 94.2 cm³/mol. The van der Waals surface area contributed by atoms with Gasteiger partial charge in [0.1, 0.15) is 11.5 Å². The molecular weight excluding hydrogens is 336 g/mol. The van der Waals surface area contributed by atoms with Crippen molar-refractivity contribution in [2.75, 3.05) is 26.8 Å². The zero-order chi connectivity index (χ0) is 18.6. The van der Waals surface area contributed by atoms with Crippen molar-refractivity contribution in [2.45, 2.75) is 44.6 Å². The second-order valence-corrected chi connectivity index (χ2v) is 7.26. The van der Waals surface area contributed by atoms with Crippen LogP contribution in [0.2, 0.25) is 0 Å². The molecule has 1 saturated carbocycles. The van der Waals surface area contributed by atoms with Crippen LogP contribution in [-0.2, 0) is 9.53 Å². The van der Waals surface area contributed by atoms with E-state index < -0.39 is 11.4 Å². The number of carboxylic acid groups (broad SMARTS) is 1. The number of carbonyl (C=O) groups excluding carboxylic acids is 1. The minimum atomic E-state index is -1.04. The maximum atomic E-state index is 12.8. The van der Waals surface area contributed by atoms with Crippen molar-refractivity contribution in [2.24, 2.45) is 5.41 Å². The second-order valence-electron chi connectivity index (χ2n) is 7.26. The summed E-state index contributed by atoms with van der Waals surface area (Å²) in [6.07, 6.45) is 7.34. The van der Waals surface area contributed by atoms with Crippen molar-refractivity contribution >= 4 is 11.9 Å². The van der Waals surface area contributed by atoms with Gasteiger partial charge in [-0.15, -0.1) is 0 Å². The quantitative estimate of drug-likeness (QED) is 0.836. The van der Waals surface area contributed by atoms with E-state index in [4.69, 9.17) is 9.47 Å². The first kappa shape index (κ1) is 18.6. The van der Waals surface area contributed by atoms with E-state index in [0.29, 0.717) is 30.8 Å². The van der Waals surface area contributed by atoms with Crippen LogP contribution < -0.4 is 4.74 Å². The average Bonchev–Trinajstić information content (AvgIpc) is 3.15. The fraction of sp³-hybridized carbons (Fsp3) is 0.632. The van der Waals surface area contributed by atoms with Gasteiger partial charge >= 0.3 is 5.97 Å². The van der Waals surface area contributed by atoms with E-state index in [-0.39, 0.29) is 25.2 Å². The lowest BCUT2D eigenvalue weighted by Gasteiger charge is -2.39. The number of rotatable bonds is 6. The third kappa shape index (κ3) is 3.98. The van der Waals surface area contributed by atoms with Crippen LogP contribution in [0.5, 0.6) is 5.88 Å². The third-order valence-electron chi connectivity index (χ3n) is 5.31. The van der Waals surface area contributed by atoms with E-state index in [9.17, 15) is 14.7 Å². The first-order valence-corrected chi connectivity index (χ1v) is 9.18. The Balaban J connectivity index is 1.67. The summed E-state index contributed by atoms with van der Waals surface area (Å²) in [4.78, 5) is 30.4. The van der Waals surface area contributed by atoms with Crippen molar-refractivity contribution in [3.63, 3.8) is 0 Å². The standard InChI is InChI=1S/C19H26N2O5/c1-25-13-19(18(23)24)9-4-10-21(12-19)17(22)14-7-8-16(20-11-14)26-15-5-2-3-6-15/h7-8,11,15H,2-6,9-10,12-13H2,1H3,(H,23,24). The number of carboxylic acids is 1. The number of aliphatic carboxylic acids is 1. The van der Waals surface area contributed by atoms with Crippen LogP contribution in [-0.4, -0.2) is 59.8 Å². The lowest BCUT2D eigenvalue weighted by atomic mass is 9.80. The van der Waals surface area contributed by atoms with Crippen molar-refractivity contribution in [1.29, 1.82) is 0 Å². The summed E-state index contributed by atoms with van der Waals surface area (Å²) in [5.41, 5.74) is -0.593. The molecule has 1 atom stereocenters. The fourth-order valence-corrected chi connectivity index (χ4v) is 3.87. The Morgan fingerprint density at radius 3 is 2.69 bits per heavy atom. The van der Waals surface area contributed by atoms with Crippen molar-refractivity contribution in [3.8, 4) is 5.88 Å². The summed E-state index contributed by atoms with van der Waals surface area (Å²) in [7, 11) is 1.48. The molecule has 1 aliphatic heterocycles. The number of hydrogen-bond acceptors (Lipinski definition) is 5. The maximum Gasteiger partial charge on any atom is 0.313 e. The molecule has 2 fully saturated rings. The van der Waals surface area contributed by atoms with Gasteiger partial charge in [-0.3, -0.25) is 9.59 Å². The molecular formula is C19H26N2O5. The van der Waals surface area contributed by atoms with Crippen molar-refractivity contribution in [3.05, 3.63) is 23.9 Å². The molecule has 0 aromatic carbocycles. The predicted octanol–water partition coefficient (Wildman–Crippen LogP) is 2.36. The molecule has 7 nitrogen and oxygen atoms in total. The average molecular weight is 362 g/mol. The minimum Gasteiger partial charge on any atom is -0.481 e. The maximum absolute atomic E-state index is 12.8. The molecule has 0 bridgehead atoms. The number of pyridine rings is 1. The third-order valence-corrected chi connectivity index (χ3v) is 5.31. The molecule has 1 aliphatic carbocycles. The normalized spacial score (nSPS) is 23.8. The molecule has 0 radical (unpaired) electrons. The van der Waals surface area contributed by atoms with E-state index in [1.54, 1.807) is 17.0 Å². The lowest BCUT2D eigenvalue weighted by Crippen LogP contribution is -2.52. The number of ether oxygens (including phenoxy) is 2. The minimum absolute atomic E-state index is 0.0958. The topological polar surface area (TPSA) is 89.0 Å². The Labute approximate surface area is 153 Å². The molecule has 3 rings (SSSR count). The molecule has 142 valence electrons. The Kier molecular flexibility index (Phi) is 5.76. The van der Waals surface area contributed by atoms with Crippen LogP contribution in [0.4, 0.5) is 0 Å². The summed E-state index contributed by atoms with van der Waals surface area (Å²) in [6.45, 7) is 0.783. The number of methoxy groups -OCH3 is 1. The highest BCUT2D eigenvalue weighted by atomic mass is 16.5. The summed E-state index contributed by atoms with van der Waals surface area (Å²) < 4.78 is 10.9. The smallest absolute Gasteiger partial charge is 0.313 e. The van der Waals surface area contributed by atoms with Crippen molar-refractivity contribution < 1.29 is 24.2 Å². The first-order chi connectivity index (χ1) is 12.5. The number of aromatic nitrogens is 1. The van der Waals surface area contributed by atoms with E-state index in [1.165, 1.54) is 26.1 Å². The molecule has 2 aliphatic rings. The van der Waals surface area contributed by atoms with Gasteiger partial charge in [-0.2, -0.15) is 0 Å². The SMILES string of the molecule is COCC1(C(=O)O)CCCN(C(=O)c2ccc(OC3CCCC3)nc2)C1. The number of hydrogen-bond donors (Lipinski definition) is 1. The molecule has 1 unspecified atom stereocenters. The van der Waals surface area contributed by atoms with Crippen LogP contribution in [0.25, 0.3) is 0 Å². The molecule has 0 spiro atoms. The molecule has 1 aromatic rings. The summed E-state index contributed by atoms with van der Waals surface area (Å²) in [5, 5.41) is 9.62. The van der Waals surface area contributed by atoms with Crippen molar-refractivity contribution in [1.82, 2.24) is 9.88 Å². The van der Waals surface area contributed by atoms with Gasteiger partial charge in [0.2, 0.25) is 5.88 Å². The highest BCUT2D eigenvalue weighted by Crippen LogP contribution is 2.31. The Morgan fingerprint density at radius 1 is 1.31 bits per heavy atom. The number of amides is 1. The van der Waals surface area contributed by atoms with E-state index in [1.807, 2.05) is 0 Å². The molecule has 26 heavy (non-hydrogen) atoms. The van der Waals surface area contributed by atoms with Crippen LogP contribution in [0.15, 0.2) is 18.3 Å². The van der Waals surface area contributed by atoms with E-state index in [2.05, 4.69) is 4.98 Å². The summed E-state index contributed by atoms with van der Waals surface area (Å²) in [6, 6.07) is 3.42. The summed E-state index contributed by atoms with van der Waals surface area (Å²) in [5.74, 6) is -0.590. The Morgan fingerprint density at radius 2 is 2.08 bits per heavy atom. The van der Waals surface area contributed by atoms with Gasteiger partial charge in [-0.05, 0) is 44.6 Å². The molecule has 2 heterocycles. The summed E-state index contributed by atoms with van der Waals surface area (Å²) >= 11 is 0. The zero-order valence-corrected chi connectivity index (χ0v) is 15.1. The molecule has 1 amide bonds. The molecule has 1 saturated heterocycles. The van der Waals surface area contributed by atoms with Crippen LogP contribution in [0, 0.1) is 5.41 Å². The number of piperidine rings is 1. The van der Waals surface area contributed by atoms with Gasteiger partial charge < -0.3 is 19.5 Å². The van der Waals surface area contributed by atoms with Gasteiger partial charge in [0.05, 0.1) is 12.2 Å². The number of nitrogens with zero attached hydrogens (tertiary/aromatic N) is 2. The van der Waals surface area contributed by atoms with Crippen LogP contribution >= 0.6 is 0 Å². The van der Waals surface area contributed by atoms with E-state index >= 15 is 0 Å². The van der Waals surface area contributed by atoms with Gasteiger partial charge in [0, 0.05) is 32.5 Å². The molecule has 1 N–H and O–H groups in total. The highest BCUT2D eigenvalue weighted by Gasteiger charge is 2.44. The van der Waals surface area contributed by atoms with Crippen LogP contribution in [0.3, 0.4) is 0 Å². The van der Waals surface area contributed by atoms with Crippen LogP contribution in [0.1, 0.15) is 48.9 Å². The first-order valence-electron chi connectivity index (χ1n) is 9.18. The van der Waals surface area contributed by atoms with Gasteiger partial charge in [0.15, 0.2) is 0 Å². The number of carbonyl (C=O) groups is 2. The Hall–Kier alpha value is -2.15.